The summed E-state index contributed by atoms with van der Waals surface area (Å²) >= 11 is 0. The van der Waals surface area contributed by atoms with E-state index in [0.29, 0.717) is 0 Å². The lowest BCUT2D eigenvalue weighted by molar-refractivity contribution is -0.384. The molecule has 0 atom stereocenters. The Morgan fingerprint density at radius 1 is 1.21 bits per heavy atom. The highest BCUT2D eigenvalue weighted by atomic mass is 32.2. The van der Waals surface area contributed by atoms with Crippen LogP contribution in [0.4, 0.5) is 11.4 Å². The molecule has 152 valence electrons. The predicted molar refractivity (Wildman–Crippen MR) is 113 cm³/mol. The van der Waals surface area contributed by atoms with Crippen molar-refractivity contribution in [1.29, 1.82) is 0 Å². The van der Waals surface area contributed by atoms with Crippen LogP contribution >= 0.6 is 0 Å². The normalized spacial score (nSPS) is 12.1. The molecule has 0 saturated carbocycles. The van der Waals surface area contributed by atoms with Crippen LogP contribution in [0.15, 0.2) is 58.7 Å². The van der Waals surface area contributed by atoms with E-state index in [4.69, 9.17) is 0 Å². The third-order valence-corrected chi connectivity index (χ3v) is 6.56. The van der Waals surface area contributed by atoms with Crippen LogP contribution in [0.3, 0.4) is 0 Å². The van der Waals surface area contributed by atoms with E-state index in [1.54, 1.807) is 26.3 Å². The molecule has 9 nitrogen and oxygen atoms in total. The number of anilines is 1. The molecular formula is C19H21N5O4S. The second kappa shape index (κ2) is 8.41. The minimum Gasteiger partial charge on any atom is -0.361 e. The van der Waals surface area contributed by atoms with Crippen LogP contribution in [0.2, 0.25) is 0 Å². The van der Waals surface area contributed by atoms with Gasteiger partial charge in [-0.15, -0.1) is 0 Å². The maximum absolute atomic E-state index is 12.6. The van der Waals surface area contributed by atoms with Crippen molar-refractivity contribution in [2.75, 3.05) is 18.5 Å². The zero-order valence-corrected chi connectivity index (χ0v) is 16.8. The lowest BCUT2D eigenvalue weighted by Crippen LogP contribution is -2.30. The number of sulfonamides is 1. The smallest absolute Gasteiger partial charge is 0.295 e. The van der Waals surface area contributed by atoms with E-state index in [1.807, 2.05) is 24.3 Å². The van der Waals surface area contributed by atoms with Crippen LogP contribution in [-0.2, 0) is 10.0 Å². The molecule has 0 aliphatic heterocycles. The van der Waals surface area contributed by atoms with Gasteiger partial charge in [-0.2, -0.15) is 9.41 Å². The number of H-pyrrole nitrogens is 1. The number of benzene rings is 2. The average molecular weight is 415 g/mol. The summed E-state index contributed by atoms with van der Waals surface area (Å²) < 4.78 is 26.5. The van der Waals surface area contributed by atoms with E-state index < -0.39 is 14.9 Å². The quantitative estimate of drug-likeness (QED) is 0.331. The van der Waals surface area contributed by atoms with Crippen molar-refractivity contribution in [3.8, 4) is 0 Å². The Hall–Kier alpha value is -3.24. The highest BCUT2D eigenvalue weighted by molar-refractivity contribution is 7.89. The standard InChI is InChI=1S/C19H21N5O4S/c1-3-23(4-2)29(27,28)15-9-10-18(19(11-15)24(25)26)22-21-13-14-12-20-17-8-6-5-7-16(14)17/h5-13,20,22H,3-4H2,1-2H3/b21-13+. The Kier molecular flexibility index (Phi) is 5.95. The second-order valence-corrected chi connectivity index (χ2v) is 8.12. The fourth-order valence-electron chi connectivity index (χ4n) is 3.00. The molecule has 29 heavy (non-hydrogen) atoms. The van der Waals surface area contributed by atoms with Gasteiger partial charge in [0.15, 0.2) is 0 Å². The van der Waals surface area contributed by atoms with Gasteiger partial charge in [0.05, 0.1) is 16.0 Å². The Balaban J connectivity index is 1.89. The first-order chi connectivity index (χ1) is 13.9. The lowest BCUT2D eigenvalue weighted by Gasteiger charge is -2.18. The van der Waals surface area contributed by atoms with E-state index in [0.717, 1.165) is 22.5 Å². The summed E-state index contributed by atoms with van der Waals surface area (Å²) in [6, 6.07) is 11.4. The topological polar surface area (TPSA) is 121 Å². The molecule has 1 heterocycles. The molecule has 3 rings (SSSR count). The zero-order chi connectivity index (χ0) is 21.0. The van der Waals surface area contributed by atoms with Crippen LogP contribution in [-0.4, -0.2) is 41.9 Å². The predicted octanol–water partition coefficient (Wildman–Crippen LogP) is 3.55. The van der Waals surface area contributed by atoms with E-state index in [9.17, 15) is 18.5 Å². The fraction of sp³-hybridized carbons (Fsp3) is 0.211. The van der Waals surface area contributed by atoms with Crippen molar-refractivity contribution in [1.82, 2.24) is 9.29 Å². The third kappa shape index (κ3) is 4.13. The van der Waals surface area contributed by atoms with Gasteiger partial charge in [-0.1, -0.05) is 32.0 Å². The molecule has 2 aromatic carbocycles. The summed E-state index contributed by atoms with van der Waals surface area (Å²) in [4.78, 5) is 13.8. The van der Waals surface area contributed by atoms with Gasteiger partial charge >= 0.3 is 0 Å². The monoisotopic (exact) mass is 415 g/mol. The summed E-state index contributed by atoms with van der Waals surface area (Å²) in [6.07, 6.45) is 3.33. The molecule has 3 aromatic rings. The van der Waals surface area contributed by atoms with Crippen LogP contribution in [0, 0.1) is 10.1 Å². The number of nitro groups is 1. The van der Waals surface area contributed by atoms with Gasteiger partial charge < -0.3 is 4.98 Å². The first-order valence-electron chi connectivity index (χ1n) is 9.02. The average Bonchev–Trinajstić information content (AvgIpc) is 3.12. The number of hydrazone groups is 1. The number of aromatic nitrogens is 1. The van der Waals surface area contributed by atoms with Gasteiger partial charge in [-0.25, -0.2) is 8.42 Å². The number of aromatic amines is 1. The van der Waals surface area contributed by atoms with Gasteiger partial charge in [-0.05, 0) is 18.2 Å². The maximum Gasteiger partial charge on any atom is 0.295 e. The fourth-order valence-corrected chi connectivity index (χ4v) is 4.48. The number of nitrogens with one attached hydrogen (secondary N) is 2. The van der Waals surface area contributed by atoms with Crippen molar-refractivity contribution in [3.63, 3.8) is 0 Å². The number of rotatable bonds is 8. The number of nitro benzene ring substituents is 1. The lowest BCUT2D eigenvalue weighted by atomic mass is 10.2. The van der Waals surface area contributed by atoms with Gasteiger partial charge in [0.25, 0.3) is 5.69 Å². The molecule has 0 saturated heterocycles. The molecule has 0 aliphatic carbocycles. The number of para-hydroxylation sites is 1. The first kappa shape index (κ1) is 20.5. The number of hydrogen-bond acceptors (Lipinski definition) is 6. The van der Waals surface area contributed by atoms with Crippen LogP contribution < -0.4 is 5.43 Å². The first-order valence-corrected chi connectivity index (χ1v) is 10.5. The molecule has 0 fully saturated rings. The third-order valence-electron chi connectivity index (χ3n) is 4.52. The van der Waals surface area contributed by atoms with E-state index >= 15 is 0 Å². The van der Waals surface area contributed by atoms with Crippen molar-refractivity contribution < 1.29 is 13.3 Å². The largest absolute Gasteiger partial charge is 0.361 e. The van der Waals surface area contributed by atoms with Crippen molar-refractivity contribution in [3.05, 3.63) is 64.3 Å². The Labute approximate surface area is 168 Å². The van der Waals surface area contributed by atoms with Gasteiger partial charge in [0, 0.05) is 41.8 Å². The zero-order valence-electron chi connectivity index (χ0n) is 16.0. The molecular weight excluding hydrogens is 394 g/mol. The minimum absolute atomic E-state index is 0.101. The van der Waals surface area contributed by atoms with Crippen molar-refractivity contribution in [2.24, 2.45) is 5.10 Å². The highest BCUT2D eigenvalue weighted by Crippen LogP contribution is 2.29. The van der Waals surface area contributed by atoms with Crippen molar-refractivity contribution in [2.45, 2.75) is 18.7 Å². The molecule has 0 bridgehead atoms. The molecule has 0 amide bonds. The van der Waals surface area contributed by atoms with Gasteiger partial charge in [-0.3, -0.25) is 15.5 Å². The number of nitrogens with zero attached hydrogens (tertiary/aromatic N) is 3. The Morgan fingerprint density at radius 2 is 1.93 bits per heavy atom. The number of fused-ring (bicyclic) bond motifs is 1. The van der Waals surface area contributed by atoms with E-state index in [2.05, 4.69) is 15.5 Å². The summed E-state index contributed by atoms with van der Waals surface area (Å²) in [6.45, 7) is 3.98. The summed E-state index contributed by atoms with van der Waals surface area (Å²) in [5.74, 6) is 0. The van der Waals surface area contributed by atoms with E-state index in [-0.39, 0.29) is 29.4 Å². The maximum atomic E-state index is 12.6. The Bertz CT molecular complexity index is 1170. The van der Waals surface area contributed by atoms with Crippen LogP contribution in [0.1, 0.15) is 19.4 Å². The summed E-state index contributed by atoms with van der Waals surface area (Å²) in [5, 5.41) is 16.5. The molecule has 2 N–H and O–H groups in total. The second-order valence-electron chi connectivity index (χ2n) is 6.18. The van der Waals surface area contributed by atoms with Crippen LogP contribution in [0.25, 0.3) is 10.9 Å². The molecule has 0 spiro atoms. The van der Waals surface area contributed by atoms with Crippen molar-refractivity contribution >= 4 is 38.5 Å². The molecule has 0 radical (unpaired) electrons. The van der Waals surface area contributed by atoms with Crippen LogP contribution in [0.5, 0.6) is 0 Å². The van der Waals surface area contributed by atoms with E-state index in [1.165, 1.54) is 16.4 Å². The summed E-state index contributed by atoms with van der Waals surface area (Å²) in [5.41, 5.74) is 4.14. The SMILES string of the molecule is CCN(CC)S(=O)(=O)c1ccc(N/N=C/c2c[nH]c3ccccc23)c([N+](=O)[O-])c1. The molecule has 0 unspecified atom stereocenters. The minimum atomic E-state index is -3.80. The van der Waals surface area contributed by atoms with Gasteiger partial charge in [0.1, 0.15) is 5.69 Å². The Morgan fingerprint density at radius 3 is 2.62 bits per heavy atom. The molecule has 0 aliphatic rings. The summed E-state index contributed by atoms with van der Waals surface area (Å²) in [7, 11) is -3.80. The number of hydrogen-bond donors (Lipinski definition) is 2. The molecule has 10 heteroatoms. The molecule has 1 aromatic heterocycles. The van der Waals surface area contributed by atoms with Gasteiger partial charge in [0.2, 0.25) is 10.0 Å². The highest BCUT2D eigenvalue weighted by Gasteiger charge is 2.25.